The number of halogens is 1. The molecule has 3 rings (SSSR count). The van der Waals surface area contributed by atoms with Crippen LogP contribution in [0.3, 0.4) is 0 Å². The van der Waals surface area contributed by atoms with E-state index in [0.29, 0.717) is 12.8 Å². The Bertz CT molecular complexity index is 743. The lowest BCUT2D eigenvalue weighted by atomic mass is 9.95. The molecular weight excluding hydrogens is 308 g/mol. The summed E-state index contributed by atoms with van der Waals surface area (Å²) in [6.07, 6.45) is 4.79. The van der Waals surface area contributed by atoms with E-state index in [0.717, 1.165) is 12.2 Å². The van der Waals surface area contributed by atoms with Crippen molar-refractivity contribution in [3.05, 3.63) is 51.6 Å². The molecule has 0 aliphatic carbocycles. The Morgan fingerprint density at radius 3 is 3.09 bits per heavy atom. The number of hydrogen-bond acceptors (Lipinski definition) is 4. The highest BCUT2D eigenvalue weighted by Gasteiger charge is 2.25. The van der Waals surface area contributed by atoms with Gasteiger partial charge in [-0.15, -0.1) is 0 Å². The van der Waals surface area contributed by atoms with Crippen LogP contribution in [0.25, 0.3) is 0 Å². The number of amides is 1. The van der Waals surface area contributed by atoms with Crippen molar-refractivity contribution >= 4 is 28.9 Å². The van der Waals surface area contributed by atoms with E-state index in [1.807, 2.05) is 4.57 Å². The molecule has 1 aliphatic rings. The predicted molar refractivity (Wildman–Crippen MR) is 80.8 cm³/mol. The van der Waals surface area contributed by atoms with Crippen molar-refractivity contribution < 1.29 is 9.72 Å². The number of benzene rings is 1. The summed E-state index contributed by atoms with van der Waals surface area (Å²) in [5.74, 6) is -0.380. The first kappa shape index (κ1) is 14.5. The highest BCUT2D eigenvalue weighted by atomic mass is 35.5. The maximum absolute atomic E-state index is 12.4. The summed E-state index contributed by atoms with van der Waals surface area (Å²) in [7, 11) is 0. The second kappa shape index (κ2) is 5.76. The lowest BCUT2D eigenvalue weighted by molar-refractivity contribution is -0.384. The molecule has 0 saturated carbocycles. The molecule has 1 N–H and O–H groups in total. The maximum atomic E-state index is 12.4. The van der Waals surface area contributed by atoms with Crippen LogP contribution in [-0.4, -0.2) is 20.4 Å². The smallest absolute Gasteiger partial charge is 0.271 e. The van der Waals surface area contributed by atoms with Gasteiger partial charge in [0.1, 0.15) is 0 Å². The van der Waals surface area contributed by atoms with Crippen LogP contribution in [0, 0.1) is 16.0 Å². The first-order valence-electron chi connectivity index (χ1n) is 6.78. The van der Waals surface area contributed by atoms with E-state index in [2.05, 4.69) is 10.3 Å². The van der Waals surface area contributed by atoms with Crippen LogP contribution in [0.5, 0.6) is 0 Å². The molecule has 0 spiro atoms. The van der Waals surface area contributed by atoms with Gasteiger partial charge >= 0.3 is 0 Å². The molecule has 114 valence electrons. The van der Waals surface area contributed by atoms with Gasteiger partial charge < -0.3 is 9.88 Å². The van der Waals surface area contributed by atoms with Crippen molar-refractivity contribution in [2.24, 2.45) is 5.92 Å². The average Bonchev–Trinajstić information content (AvgIpc) is 2.96. The molecule has 8 heteroatoms. The fraction of sp³-hybridized carbons (Fsp3) is 0.286. The third-order valence-electron chi connectivity index (χ3n) is 3.76. The number of aromatic nitrogens is 2. The van der Waals surface area contributed by atoms with Gasteiger partial charge in [-0.05, 0) is 12.5 Å². The Kier molecular flexibility index (Phi) is 3.81. The first-order chi connectivity index (χ1) is 10.5. The molecule has 1 atom stereocenters. The topological polar surface area (TPSA) is 90.1 Å². The van der Waals surface area contributed by atoms with E-state index >= 15 is 0 Å². The second-order valence-electron chi connectivity index (χ2n) is 5.18. The normalized spacial score (nSPS) is 16.9. The predicted octanol–water partition coefficient (Wildman–Crippen LogP) is 2.65. The van der Waals surface area contributed by atoms with E-state index < -0.39 is 4.92 Å². The van der Waals surface area contributed by atoms with Crippen molar-refractivity contribution in [2.75, 3.05) is 5.32 Å². The Labute approximate surface area is 131 Å². The molecule has 1 amide bonds. The van der Waals surface area contributed by atoms with Gasteiger partial charge in [-0.2, -0.15) is 0 Å². The van der Waals surface area contributed by atoms with Gasteiger partial charge in [-0.3, -0.25) is 14.9 Å². The van der Waals surface area contributed by atoms with Crippen LogP contribution in [0.4, 0.5) is 11.4 Å². The summed E-state index contributed by atoms with van der Waals surface area (Å²) >= 11 is 6.00. The minimum absolute atomic E-state index is 0.110. The Balaban J connectivity index is 1.75. The van der Waals surface area contributed by atoms with Crippen molar-refractivity contribution in [2.45, 2.75) is 19.4 Å². The van der Waals surface area contributed by atoms with Gasteiger partial charge in [0.15, 0.2) is 0 Å². The average molecular weight is 321 g/mol. The summed E-state index contributed by atoms with van der Waals surface area (Å²) in [5, 5.41) is 13.8. The maximum Gasteiger partial charge on any atom is 0.271 e. The molecule has 0 bridgehead atoms. The number of nitrogens with one attached hydrogen (secondary N) is 1. The summed E-state index contributed by atoms with van der Waals surface area (Å²) in [4.78, 5) is 26.7. The van der Waals surface area contributed by atoms with Gasteiger partial charge in [0.25, 0.3) is 5.69 Å². The van der Waals surface area contributed by atoms with Gasteiger partial charge in [-0.1, -0.05) is 11.6 Å². The summed E-state index contributed by atoms with van der Waals surface area (Å²) in [5.41, 5.74) is 1.16. The number of carbonyl (C=O) groups excluding carboxylic acids is 1. The molecule has 0 fully saturated rings. The molecule has 22 heavy (non-hydrogen) atoms. The van der Waals surface area contributed by atoms with Crippen LogP contribution in [0.1, 0.15) is 12.1 Å². The second-order valence-corrected chi connectivity index (χ2v) is 5.59. The monoisotopic (exact) mass is 320 g/mol. The van der Waals surface area contributed by atoms with Crippen molar-refractivity contribution in [1.29, 1.82) is 0 Å². The quantitative estimate of drug-likeness (QED) is 0.695. The van der Waals surface area contributed by atoms with Gasteiger partial charge in [0.05, 0.1) is 22.0 Å². The number of imidazole rings is 1. The van der Waals surface area contributed by atoms with Crippen LogP contribution >= 0.6 is 11.6 Å². The molecule has 7 nitrogen and oxygen atoms in total. The number of aryl methyl sites for hydroxylation is 1. The Morgan fingerprint density at radius 1 is 1.50 bits per heavy atom. The molecule has 1 aliphatic heterocycles. The molecule has 0 radical (unpaired) electrons. The molecule has 1 unspecified atom stereocenters. The fourth-order valence-corrected chi connectivity index (χ4v) is 2.71. The lowest BCUT2D eigenvalue weighted by Crippen LogP contribution is -2.30. The van der Waals surface area contributed by atoms with Gasteiger partial charge in [0, 0.05) is 42.9 Å². The van der Waals surface area contributed by atoms with Crippen LogP contribution < -0.4 is 5.32 Å². The minimum Gasteiger partial charge on any atom is -0.335 e. The number of hydrogen-bond donors (Lipinski definition) is 1. The lowest BCUT2D eigenvalue weighted by Gasteiger charge is -2.23. The van der Waals surface area contributed by atoms with Gasteiger partial charge in [-0.25, -0.2) is 4.98 Å². The van der Waals surface area contributed by atoms with E-state index in [9.17, 15) is 14.9 Å². The largest absolute Gasteiger partial charge is 0.335 e. The number of carbonyl (C=O) groups is 1. The fourth-order valence-electron chi connectivity index (χ4n) is 2.55. The number of rotatable bonds is 3. The minimum atomic E-state index is -0.523. The van der Waals surface area contributed by atoms with Crippen molar-refractivity contribution in [1.82, 2.24) is 9.55 Å². The summed E-state index contributed by atoms with van der Waals surface area (Å²) < 4.78 is 2.02. The van der Waals surface area contributed by atoms with E-state index in [1.54, 1.807) is 12.5 Å². The first-order valence-corrected chi connectivity index (χ1v) is 7.16. The number of nitro groups is 1. The molecular formula is C14H13ClN4O3. The molecule has 1 aromatic heterocycles. The number of nitrogens with zero attached hydrogens (tertiary/aromatic N) is 3. The van der Waals surface area contributed by atoms with E-state index in [1.165, 1.54) is 18.2 Å². The summed E-state index contributed by atoms with van der Waals surface area (Å²) in [6.45, 7) is 0.732. The molecule has 0 saturated heterocycles. The van der Waals surface area contributed by atoms with Crippen LogP contribution in [0.2, 0.25) is 5.02 Å². The molecule has 1 aromatic carbocycles. The molecule has 2 aromatic rings. The number of nitro benzene ring substituents is 1. The third-order valence-corrected chi connectivity index (χ3v) is 4.09. The highest BCUT2D eigenvalue weighted by Crippen LogP contribution is 2.28. The van der Waals surface area contributed by atoms with Crippen LogP contribution in [0.15, 0.2) is 30.7 Å². The number of fused-ring (bicyclic) bond motifs is 1. The molecule has 2 heterocycles. The summed E-state index contributed by atoms with van der Waals surface area (Å²) in [6, 6.07) is 3.98. The Hall–Kier alpha value is -2.41. The Morgan fingerprint density at radius 2 is 2.32 bits per heavy atom. The zero-order chi connectivity index (χ0) is 15.7. The van der Waals surface area contributed by atoms with E-state index in [-0.39, 0.29) is 28.2 Å². The zero-order valence-corrected chi connectivity index (χ0v) is 12.3. The third kappa shape index (κ3) is 2.80. The number of anilines is 1. The SMILES string of the molecule is O=C(Nc1cc([N+](=O)[O-])ccc1Cl)C1CCn2cncc2C1. The van der Waals surface area contributed by atoms with E-state index in [4.69, 9.17) is 11.6 Å². The van der Waals surface area contributed by atoms with Crippen molar-refractivity contribution in [3.63, 3.8) is 0 Å². The highest BCUT2D eigenvalue weighted by molar-refractivity contribution is 6.33. The van der Waals surface area contributed by atoms with Crippen molar-refractivity contribution in [3.8, 4) is 0 Å². The number of non-ortho nitro benzene ring substituents is 1. The standard InChI is InChI=1S/C14H13ClN4O3/c15-12-2-1-10(19(21)22)6-13(12)17-14(20)9-3-4-18-8-16-7-11(18)5-9/h1-2,6-9H,3-5H2,(H,17,20). The zero-order valence-electron chi connectivity index (χ0n) is 11.5. The van der Waals surface area contributed by atoms with Crippen LogP contribution in [-0.2, 0) is 17.8 Å². The van der Waals surface area contributed by atoms with Gasteiger partial charge in [0.2, 0.25) is 5.91 Å².